The molecule has 9 nitrogen and oxygen atoms in total. The van der Waals surface area contributed by atoms with Crippen LogP contribution in [0.3, 0.4) is 0 Å². The van der Waals surface area contributed by atoms with Crippen LogP contribution in [0.15, 0.2) is 42.7 Å². The van der Waals surface area contributed by atoms with Crippen molar-refractivity contribution < 1.29 is 33.2 Å². The summed E-state index contributed by atoms with van der Waals surface area (Å²) in [6.07, 6.45) is 2.58. The fourth-order valence-electron chi connectivity index (χ4n) is 4.65. The molecule has 1 aromatic heterocycles. The summed E-state index contributed by atoms with van der Waals surface area (Å²) in [5.41, 5.74) is 3.38. The predicted octanol–water partition coefficient (Wildman–Crippen LogP) is 4.55. The number of nitrogens with zero attached hydrogens (tertiary/aromatic N) is 2. The van der Waals surface area contributed by atoms with E-state index in [4.69, 9.17) is 46.9 Å². The van der Waals surface area contributed by atoms with Gasteiger partial charge in [0.1, 0.15) is 16.1 Å². The van der Waals surface area contributed by atoms with Gasteiger partial charge in [-0.15, -0.1) is 0 Å². The van der Waals surface area contributed by atoms with E-state index < -0.39 is 12.1 Å². The summed E-state index contributed by atoms with van der Waals surface area (Å²) in [6, 6.07) is 9.19. The molecule has 208 valence electrons. The van der Waals surface area contributed by atoms with Crippen LogP contribution in [-0.4, -0.2) is 52.4 Å². The molecular weight excluding hydrogens is 547 g/mol. The summed E-state index contributed by atoms with van der Waals surface area (Å²) in [6.45, 7) is 1.32. The first-order valence-corrected chi connectivity index (χ1v) is 13.0. The van der Waals surface area contributed by atoms with E-state index in [0.29, 0.717) is 51.9 Å². The molecule has 1 aliphatic rings. The van der Waals surface area contributed by atoms with E-state index in [-0.39, 0.29) is 23.0 Å². The molecule has 0 saturated carbocycles. The zero-order chi connectivity index (χ0) is 28.1. The monoisotopic (exact) mass is 576 g/mol. The van der Waals surface area contributed by atoms with Crippen LogP contribution < -0.4 is 23.7 Å². The van der Waals surface area contributed by atoms with Gasteiger partial charge in [0.2, 0.25) is 0 Å². The maximum Gasteiger partial charge on any atom is 0.320 e. The molecule has 4 rings (SSSR count). The average Bonchev–Trinajstić information content (AvgIpc) is 2.92. The van der Waals surface area contributed by atoms with E-state index in [0.717, 1.165) is 17.5 Å². The second-order valence-corrected chi connectivity index (χ2v) is 9.84. The van der Waals surface area contributed by atoms with Gasteiger partial charge in [-0.3, -0.25) is 9.69 Å². The third-order valence-corrected chi connectivity index (χ3v) is 7.30. The number of methoxy groups -OCH3 is 4. The Kier molecular flexibility index (Phi) is 9.27. The van der Waals surface area contributed by atoms with Gasteiger partial charge < -0.3 is 28.9 Å². The minimum atomic E-state index is -0.753. The van der Waals surface area contributed by atoms with E-state index in [1.165, 1.54) is 19.5 Å². The van der Waals surface area contributed by atoms with Crippen molar-refractivity contribution in [1.29, 1.82) is 0 Å². The van der Waals surface area contributed by atoms with Crippen molar-refractivity contribution in [2.45, 2.75) is 25.5 Å². The number of fused-ring (bicyclic) bond motifs is 1. The second-order valence-electron chi connectivity index (χ2n) is 9.03. The lowest BCUT2D eigenvalue weighted by Crippen LogP contribution is -2.36. The molecule has 2 aromatic carbocycles. The van der Waals surface area contributed by atoms with E-state index in [1.54, 1.807) is 39.5 Å². The highest BCUT2D eigenvalue weighted by atomic mass is 35.5. The van der Waals surface area contributed by atoms with Gasteiger partial charge in [0, 0.05) is 25.1 Å². The number of halogens is 2. The van der Waals surface area contributed by atoms with Gasteiger partial charge in [0.25, 0.3) is 0 Å². The Morgan fingerprint density at radius 2 is 1.51 bits per heavy atom. The highest BCUT2D eigenvalue weighted by Crippen LogP contribution is 2.36. The maximum atomic E-state index is 13.2. The minimum absolute atomic E-state index is 0.0778. The third kappa shape index (κ3) is 6.61. The van der Waals surface area contributed by atoms with Crippen molar-refractivity contribution in [3.8, 4) is 23.0 Å². The number of pyridine rings is 1. The Morgan fingerprint density at radius 1 is 0.923 bits per heavy atom. The standard InChI is InChI=1S/C28H30Cl2N2O7/c1-35-23-6-5-18(10-25(23)36-2)24(12-20-21(29)14-32(34)15-22(20)30)39-28(33)16-31-8-7-17-9-26(37-3)27(38-4)11-19(17)13-31/h5-6,9-11,14-15,24H,7-8,12-13,16H2,1-4H3. The van der Waals surface area contributed by atoms with Gasteiger partial charge in [-0.25, -0.2) is 0 Å². The Labute approximate surface area is 237 Å². The van der Waals surface area contributed by atoms with Gasteiger partial charge >= 0.3 is 5.97 Å². The van der Waals surface area contributed by atoms with Gasteiger partial charge in [0.15, 0.2) is 35.4 Å². The van der Waals surface area contributed by atoms with E-state index in [1.807, 2.05) is 17.0 Å². The summed E-state index contributed by atoms with van der Waals surface area (Å²) < 4.78 is 28.2. The number of esters is 1. The summed E-state index contributed by atoms with van der Waals surface area (Å²) in [7, 11) is 6.27. The molecule has 39 heavy (non-hydrogen) atoms. The van der Waals surface area contributed by atoms with E-state index >= 15 is 0 Å². The number of hydrogen-bond donors (Lipinski definition) is 0. The average molecular weight is 577 g/mol. The van der Waals surface area contributed by atoms with E-state index in [9.17, 15) is 10.0 Å². The Balaban J connectivity index is 1.55. The minimum Gasteiger partial charge on any atom is -0.619 e. The zero-order valence-corrected chi connectivity index (χ0v) is 23.7. The van der Waals surface area contributed by atoms with Crippen molar-refractivity contribution in [1.82, 2.24) is 4.90 Å². The number of carbonyl (C=O) groups excluding carboxylic acids is 1. The lowest BCUT2D eigenvalue weighted by atomic mass is 9.99. The molecule has 3 aromatic rings. The molecule has 0 spiro atoms. The van der Waals surface area contributed by atoms with E-state index in [2.05, 4.69) is 0 Å². The van der Waals surface area contributed by atoms with Crippen molar-refractivity contribution >= 4 is 29.2 Å². The van der Waals surface area contributed by atoms with Crippen molar-refractivity contribution in [3.63, 3.8) is 0 Å². The number of aromatic nitrogens is 1. The smallest absolute Gasteiger partial charge is 0.320 e. The van der Waals surface area contributed by atoms with Crippen LogP contribution in [0.2, 0.25) is 10.0 Å². The third-order valence-electron chi connectivity index (χ3n) is 6.65. The SMILES string of the molecule is COc1ccc(C(Cc2c(Cl)c[n+]([O-])cc2Cl)OC(=O)CN2CCc3cc(OC)c(OC)cc3C2)cc1OC. The number of rotatable bonds is 10. The second kappa shape index (κ2) is 12.6. The molecule has 2 heterocycles. The number of hydrogen-bond acceptors (Lipinski definition) is 8. The van der Waals surface area contributed by atoms with Crippen molar-refractivity contribution in [2.24, 2.45) is 0 Å². The Hall–Kier alpha value is -3.40. The highest BCUT2D eigenvalue weighted by molar-refractivity contribution is 6.35. The molecule has 0 fully saturated rings. The quantitative estimate of drug-likeness (QED) is 0.197. The molecule has 0 aliphatic carbocycles. The molecular formula is C28H30Cl2N2O7. The fraction of sp³-hybridized carbons (Fsp3) is 0.357. The predicted molar refractivity (Wildman–Crippen MR) is 146 cm³/mol. The number of ether oxygens (including phenoxy) is 5. The van der Waals surface area contributed by atoms with Gasteiger partial charge in [-0.05, 0) is 47.4 Å². The Morgan fingerprint density at radius 3 is 2.13 bits per heavy atom. The van der Waals surface area contributed by atoms with Crippen LogP contribution in [0.1, 0.15) is 28.4 Å². The maximum absolute atomic E-state index is 13.2. The fourth-order valence-corrected chi connectivity index (χ4v) is 5.25. The number of carbonyl (C=O) groups is 1. The summed E-state index contributed by atoms with van der Waals surface area (Å²) >= 11 is 12.7. The van der Waals surface area contributed by atoms with Gasteiger partial charge in [0.05, 0.1) is 35.0 Å². The van der Waals surface area contributed by atoms with Crippen LogP contribution >= 0.6 is 23.2 Å². The zero-order valence-electron chi connectivity index (χ0n) is 22.2. The van der Waals surface area contributed by atoms with Crippen molar-refractivity contribution in [3.05, 3.63) is 80.2 Å². The highest BCUT2D eigenvalue weighted by Gasteiger charge is 2.26. The topological polar surface area (TPSA) is 93.4 Å². The van der Waals surface area contributed by atoms with Gasteiger partial charge in [-0.1, -0.05) is 29.3 Å². The first-order chi connectivity index (χ1) is 18.8. The summed E-state index contributed by atoms with van der Waals surface area (Å²) in [5, 5.41) is 12.1. The number of benzene rings is 2. The molecule has 0 saturated heterocycles. The largest absolute Gasteiger partial charge is 0.619 e. The molecule has 0 amide bonds. The van der Waals surface area contributed by atoms with Gasteiger partial charge in [-0.2, -0.15) is 4.73 Å². The molecule has 11 heteroatoms. The molecule has 1 unspecified atom stereocenters. The molecule has 0 bridgehead atoms. The molecule has 0 N–H and O–H groups in total. The Bertz CT molecular complexity index is 1330. The molecule has 0 radical (unpaired) electrons. The molecule has 1 aliphatic heterocycles. The van der Waals surface area contributed by atoms with Crippen molar-refractivity contribution in [2.75, 3.05) is 41.5 Å². The summed E-state index contributed by atoms with van der Waals surface area (Å²) in [5.74, 6) is 1.93. The van der Waals surface area contributed by atoms with Crippen LogP contribution in [0, 0.1) is 5.21 Å². The van der Waals surface area contributed by atoms with Crippen LogP contribution in [-0.2, 0) is 28.9 Å². The first-order valence-electron chi connectivity index (χ1n) is 12.2. The lowest BCUT2D eigenvalue weighted by molar-refractivity contribution is -0.605. The van der Waals surface area contributed by atoms with Crippen LogP contribution in [0.5, 0.6) is 23.0 Å². The summed E-state index contributed by atoms with van der Waals surface area (Å²) in [4.78, 5) is 15.3. The van der Waals surface area contributed by atoms with Crippen LogP contribution in [0.4, 0.5) is 0 Å². The first kappa shape index (κ1) is 28.6. The van der Waals surface area contributed by atoms with Crippen LogP contribution in [0.25, 0.3) is 0 Å². The lowest BCUT2D eigenvalue weighted by Gasteiger charge is -2.29. The normalized spacial score (nSPS) is 13.8. The molecule has 1 atom stereocenters.